The van der Waals surface area contributed by atoms with Crippen LogP contribution in [0.2, 0.25) is 0 Å². The SMILES string of the molecule is C.Cc1nn(-c2ccccc2)[n+](-c2ccccc2)n1. The van der Waals surface area contributed by atoms with Crippen LogP contribution in [0.4, 0.5) is 0 Å². The van der Waals surface area contributed by atoms with E-state index in [4.69, 9.17) is 0 Å². The molecular weight excluding hydrogens is 236 g/mol. The van der Waals surface area contributed by atoms with Crippen LogP contribution in [0.15, 0.2) is 60.7 Å². The summed E-state index contributed by atoms with van der Waals surface area (Å²) in [4.78, 5) is 3.59. The summed E-state index contributed by atoms with van der Waals surface area (Å²) >= 11 is 0. The predicted octanol–water partition coefficient (Wildman–Crippen LogP) is 2.49. The first-order chi connectivity index (χ1) is 8.84. The summed E-state index contributed by atoms with van der Waals surface area (Å²) < 4.78 is 0. The Morgan fingerprint density at radius 1 is 0.895 bits per heavy atom. The summed E-state index contributed by atoms with van der Waals surface area (Å²) in [7, 11) is 0. The Morgan fingerprint density at radius 2 is 1.47 bits per heavy atom. The van der Waals surface area contributed by atoms with Crippen molar-refractivity contribution in [3.8, 4) is 11.4 Å². The van der Waals surface area contributed by atoms with Crippen LogP contribution < -0.4 is 4.80 Å². The maximum absolute atomic E-state index is 4.43. The zero-order valence-corrected chi connectivity index (χ0v) is 10.1. The maximum atomic E-state index is 4.43. The molecule has 0 saturated carbocycles. The van der Waals surface area contributed by atoms with Crippen molar-refractivity contribution in [1.29, 1.82) is 0 Å². The number of nitrogens with zero attached hydrogens (tertiary/aromatic N) is 4. The highest BCUT2D eigenvalue weighted by Crippen LogP contribution is 2.04. The van der Waals surface area contributed by atoms with E-state index in [0.29, 0.717) is 0 Å². The summed E-state index contributed by atoms with van der Waals surface area (Å²) in [5.41, 5.74) is 1.98. The van der Waals surface area contributed by atoms with Crippen molar-refractivity contribution in [2.24, 2.45) is 0 Å². The van der Waals surface area contributed by atoms with Gasteiger partial charge in [-0.25, -0.2) is 0 Å². The second-order valence-electron chi connectivity index (χ2n) is 4.00. The van der Waals surface area contributed by atoms with Crippen molar-refractivity contribution in [1.82, 2.24) is 15.0 Å². The number of para-hydroxylation sites is 2. The Balaban J connectivity index is 0.00000133. The highest BCUT2D eigenvalue weighted by Gasteiger charge is 2.18. The van der Waals surface area contributed by atoms with Crippen LogP contribution in [-0.4, -0.2) is 15.0 Å². The molecule has 0 fully saturated rings. The lowest BCUT2D eigenvalue weighted by Crippen LogP contribution is -2.43. The van der Waals surface area contributed by atoms with E-state index in [9.17, 15) is 0 Å². The lowest BCUT2D eigenvalue weighted by Gasteiger charge is -1.98. The molecule has 0 N–H and O–H groups in total. The van der Waals surface area contributed by atoms with Crippen LogP contribution >= 0.6 is 0 Å². The smallest absolute Gasteiger partial charge is 0.0776 e. The van der Waals surface area contributed by atoms with Crippen LogP contribution in [0.3, 0.4) is 0 Å². The molecule has 0 aliphatic carbocycles. The van der Waals surface area contributed by atoms with Crippen LogP contribution in [0.25, 0.3) is 11.4 Å². The quantitative estimate of drug-likeness (QED) is 0.658. The van der Waals surface area contributed by atoms with Crippen molar-refractivity contribution in [2.75, 3.05) is 0 Å². The Morgan fingerprint density at radius 3 is 2.11 bits per heavy atom. The van der Waals surface area contributed by atoms with Gasteiger partial charge in [0.05, 0.1) is 5.10 Å². The first kappa shape index (κ1) is 13.0. The number of rotatable bonds is 2. The van der Waals surface area contributed by atoms with E-state index in [1.54, 1.807) is 9.59 Å². The monoisotopic (exact) mass is 253 g/mol. The number of tetrazole rings is 1. The minimum Gasteiger partial charge on any atom is -0.0776 e. The van der Waals surface area contributed by atoms with Crippen LogP contribution in [0.5, 0.6) is 0 Å². The third kappa shape index (κ3) is 2.52. The molecule has 96 valence electrons. The molecule has 0 amide bonds. The van der Waals surface area contributed by atoms with Crippen LogP contribution in [0.1, 0.15) is 13.3 Å². The number of benzene rings is 2. The fourth-order valence-corrected chi connectivity index (χ4v) is 1.84. The molecule has 19 heavy (non-hydrogen) atoms. The number of hydrogen-bond acceptors (Lipinski definition) is 2. The largest absolute Gasteiger partial charge is 0.306 e. The van der Waals surface area contributed by atoms with Gasteiger partial charge in [-0.1, -0.05) is 43.8 Å². The second-order valence-corrected chi connectivity index (χ2v) is 4.00. The molecule has 0 unspecified atom stereocenters. The van der Waals surface area contributed by atoms with E-state index in [0.717, 1.165) is 17.2 Å². The second kappa shape index (κ2) is 5.44. The highest BCUT2D eigenvalue weighted by molar-refractivity contribution is 5.28. The third-order valence-corrected chi connectivity index (χ3v) is 2.63. The molecular formula is C15H17N4+. The van der Waals surface area contributed by atoms with Gasteiger partial charge >= 0.3 is 5.82 Å². The standard InChI is InChI=1S/C14H13N4.CH4/c1-12-15-17(13-8-4-2-5-9-13)18(16-12)14-10-6-3-7-11-14;/h2-11H,1H3;1H4/q+1;. The van der Waals surface area contributed by atoms with Gasteiger partial charge in [-0.05, 0) is 34.2 Å². The molecule has 3 aromatic rings. The summed E-state index contributed by atoms with van der Waals surface area (Å²) in [6.45, 7) is 1.89. The van der Waals surface area contributed by atoms with E-state index in [2.05, 4.69) is 10.2 Å². The average molecular weight is 253 g/mol. The molecule has 3 rings (SSSR count). The van der Waals surface area contributed by atoms with Crippen LogP contribution in [-0.2, 0) is 0 Å². The molecule has 4 heteroatoms. The Bertz CT molecular complexity index is 587. The molecule has 0 aliphatic heterocycles. The van der Waals surface area contributed by atoms with Gasteiger partial charge in [0.2, 0.25) is 0 Å². The fourth-order valence-electron chi connectivity index (χ4n) is 1.84. The number of aryl methyl sites for hydroxylation is 1. The highest BCUT2D eigenvalue weighted by atomic mass is 15.7. The van der Waals surface area contributed by atoms with Crippen LogP contribution in [0, 0.1) is 6.92 Å². The normalized spacial score (nSPS) is 9.95. The molecule has 0 spiro atoms. The minimum absolute atomic E-state index is 0. The van der Waals surface area contributed by atoms with E-state index in [-0.39, 0.29) is 7.43 Å². The Labute approximate surface area is 112 Å². The van der Waals surface area contributed by atoms with Gasteiger partial charge in [0, 0.05) is 11.7 Å². The third-order valence-electron chi connectivity index (χ3n) is 2.63. The first-order valence-corrected chi connectivity index (χ1v) is 5.82. The van der Waals surface area contributed by atoms with E-state index >= 15 is 0 Å². The van der Waals surface area contributed by atoms with Crippen molar-refractivity contribution >= 4 is 0 Å². The fraction of sp³-hybridized carbons (Fsp3) is 0.133. The minimum atomic E-state index is 0. The van der Waals surface area contributed by atoms with Crippen molar-refractivity contribution in [2.45, 2.75) is 14.4 Å². The molecule has 0 radical (unpaired) electrons. The zero-order valence-electron chi connectivity index (χ0n) is 10.1. The maximum Gasteiger partial charge on any atom is 0.306 e. The van der Waals surface area contributed by atoms with Gasteiger partial charge in [0.15, 0.2) is 5.69 Å². The lowest BCUT2D eigenvalue weighted by molar-refractivity contribution is -0.735. The van der Waals surface area contributed by atoms with Gasteiger partial charge in [-0.15, -0.1) is 0 Å². The molecule has 0 saturated heterocycles. The van der Waals surface area contributed by atoms with Gasteiger partial charge in [-0.3, -0.25) is 0 Å². The van der Waals surface area contributed by atoms with Gasteiger partial charge in [0.1, 0.15) is 5.69 Å². The molecule has 0 atom stereocenters. The topological polar surface area (TPSA) is 34.6 Å². The number of aromatic nitrogens is 4. The first-order valence-electron chi connectivity index (χ1n) is 5.82. The average Bonchev–Trinajstić information content (AvgIpc) is 2.83. The van der Waals surface area contributed by atoms with E-state index in [1.165, 1.54) is 0 Å². The summed E-state index contributed by atoms with van der Waals surface area (Å²) in [6, 6.07) is 20.0. The molecule has 4 nitrogen and oxygen atoms in total. The number of hydrogen-bond donors (Lipinski definition) is 0. The zero-order chi connectivity index (χ0) is 12.4. The molecule has 0 aliphatic rings. The summed E-state index contributed by atoms with van der Waals surface area (Å²) in [5.74, 6) is 0.739. The lowest BCUT2D eigenvalue weighted by atomic mass is 10.3. The van der Waals surface area contributed by atoms with Gasteiger partial charge in [0.25, 0.3) is 0 Å². The van der Waals surface area contributed by atoms with Gasteiger partial charge in [-0.2, -0.15) is 0 Å². The predicted molar refractivity (Wildman–Crippen MR) is 74.4 cm³/mol. The van der Waals surface area contributed by atoms with E-state index in [1.807, 2.05) is 67.6 Å². The Kier molecular flexibility index (Phi) is 3.71. The Hall–Kier alpha value is -2.49. The van der Waals surface area contributed by atoms with E-state index < -0.39 is 0 Å². The van der Waals surface area contributed by atoms with Crippen molar-refractivity contribution < 1.29 is 4.80 Å². The summed E-state index contributed by atoms with van der Waals surface area (Å²) in [6.07, 6.45) is 0. The van der Waals surface area contributed by atoms with Crippen molar-refractivity contribution in [3.63, 3.8) is 0 Å². The molecule has 0 bridgehead atoms. The van der Waals surface area contributed by atoms with Crippen molar-refractivity contribution in [3.05, 3.63) is 66.5 Å². The molecule has 1 aromatic heterocycles. The molecule has 2 aromatic carbocycles. The summed E-state index contributed by atoms with van der Waals surface area (Å²) in [5, 5.41) is 8.85. The molecule has 1 heterocycles. The van der Waals surface area contributed by atoms with Gasteiger partial charge < -0.3 is 0 Å².